The van der Waals surface area contributed by atoms with Gasteiger partial charge in [0.25, 0.3) is 0 Å². The molecule has 1 atom stereocenters. The number of benzene rings is 1. The van der Waals surface area contributed by atoms with E-state index in [1.165, 1.54) is 0 Å². The standard InChI is InChI=1S/C22H29N5O3/c1-2-12-27-22(30)26-13-11-18(9-10-19(26)25-27)23-20(28)14-15-3-7-17(8-4-15)24-21(29)16-5-6-16/h3-4,7-8,16,18H,2,5-6,9-14H2,1H3,(H,23,28)(H,24,29). The summed E-state index contributed by atoms with van der Waals surface area (Å²) in [6.07, 6.45) is 5.31. The molecule has 160 valence electrons. The third-order valence-electron chi connectivity index (χ3n) is 5.75. The molecule has 30 heavy (non-hydrogen) atoms. The highest BCUT2D eigenvalue weighted by atomic mass is 16.2. The van der Waals surface area contributed by atoms with Gasteiger partial charge in [-0.1, -0.05) is 19.1 Å². The molecule has 2 N–H and O–H groups in total. The van der Waals surface area contributed by atoms with Crippen LogP contribution >= 0.6 is 0 Å². The first kappa shape index (κ1) is 20.4. The number of aromatic nitrogens is 3. The summed E-state index contributed by atoms with van der Waals surface area (Å²) < 4.78 is 3.29. The van der Waals surface area contributed by atoms with Gasteiger partial charge in [0.2, 0.25) is 11.8 Å². The molecule has 0 radical (unpaired) electrons. The molecule has 1 aromatic carbocycles. The van der Waals surface area contributed by atoms with Crippen molar-refractivity contribution in [3.63, 3.8) is 0 Å². The molecule has 1 aromatic heterocycles. The van der Waals surface area contributed by atoms with Crippen LogP contribution in [0.25, 0.3) is 0 Å². The number of carbonyl (C=O) groups excluding carboxylic acids is 2. The van der Waals surface area contributed by atoms with Crippen LogP contribution in [-0.2, 0) is 35.5 Å². The average Bonchev–Trinajstić information content (AvgIpc) is 3.54. The van der Waals surface area contributed by atoms with Crippen LogP contribution in [0.5, 0.6) is 0 Å². The Morgan fingerprint density at radius 1 is 1.13 bits per heavy atom. The van der Waals surface area contributed by atoms with Gasteiger partial charge in [-0.3, -0.25) is 14.2 Å². The molecule has 1 saturated carbocycles. The van der Waals surface area contributed by atoms with Gasteiger partial charge in [-0.2, -0.15) is 5.10 Å². The van der Waals surface area contributed by atoms with Crippen molar-refractivity contribution in [3.8, 4) is 0 Å². The van der Waals surface area contributed by atoms with Gasteiger partial charge < -0.3 is 10.6 Å². The predicted molar refractivity (Wildman–Crippen MR) is 113 cm³/mol. The van der Waals surface area contributed by atoms with Crippen molar-refractivity contribution in [1.82, 2.24) is 19.7 Å². The van der Waals surface area contributed by atoms with E-state index in [2.05, 4.69) is 15.7 Å². The molecule has 1 aliphatic carbocycles. The fraction of sp³-hybridized carbons (Fsp3) is 0.545. The molecule has 2 aliphatic rings. The molecule has 8 heteroatoms. The first-order chi connectivity index (χ1) is 14.5. The highest BCUT2D eigenvalue weighted by Crippen LogP contribution is 2.30. The molecule has 4 rings (SSSR count). The van der Waals surface area contributed by atoms with Gasteiger partial charge in [-0.05, 0) is 49.8 Å². The van der Waals surface area contributed by atoms with Gasteiger partial charge >= 0.3 is 5.69 Å². The van der Waals surface area contributed by atoms with Crippen LogP contribution in [0.15, 0.2) is 29.1 Å². The molecule has 0 bridgehead atoms. The van der Waals surface area contributed by atoms with E-state index in [1.807, 2.05) is 31.2 Å². The second-order valence-electron chi connectivity index (χ2n) is 8.30. The molecular weight excluding hydrogens is 382 g/mol. The monoisotopic (exact) mass is 411 g/mol. The Balaban J connectivity index is 1.28. The molecule has 0 spiro atoms. The van der Waals surface area contributed by atoms with E-state index >= 15 is 0 Å². The Morgan fingerprint density at radius 3 is 2.60 bits per heavy atom. The predicted octanol–water partition coefficient (Wildman–Crippen LogP) is 1.87. The van der Waals surface area contributed by atoms with Crippen LogP contribution in [0, 0.1) is 5.92 Å². The van der Waals surface area contributed by atoms with Gasteiger partial charge in [0.05, 0.1) is 6.42 Å². The fourth-order valence-electron chi connectivity index (χ4n) is 3.89. The van der Waals surface area contributed by atoms with E-state index in [4.69, 9.17) is 0 Å². The third-order valence-corrected chi connectivity index (χ3v) is 5.75. The lowest BCUT2D eigenvalue weighted by Gasteiger charge is -2.16. The van der Waals surface area contributed by atoms with Crippen molar-refractivity contribution >= 4 is 17.5 Å². The quantitative estimate of drug-likeness (QED) is 0.727. The summed E-state index contributed by atoms with van der Waals surface area (Å²) in [5.74, 6) is 1.03. The molecule has 2 heterocycles. The van der Waals surface area contributed by atoms with Gasteiger partial charge in [0.1, 0.15) is 5.82 Å². The smallest absolute Gasteiger partial charge is 0.345 e. The summed E-state index contributed by atoms with van der Waals surface area (Å²) in [4.78, 5) is 36.7. The fourth-order valence-corrected chi connectivity index (χ4v) is 3.89. The zero-order valence-corrected chi connectivity index (χ0v) is 17.4. The zero-order valence-electron chi connectivity index (χ0n) is 17.4. The molecule has 1 fully saturated rings. The summed E-state index contributed by atoms with van der Waals surface area (Å²) in [6, 6.07) is 7.47. The number of hydrogen-bond donors (Lipinski definition) is 2. The van der Waals surface area contributed by atoms with Gasteiger partial charge in [0, 0.05) is 37.2 Å². The minimum atomic E-state index is -0.0484. The minimum absolute atomic E-state index is 0.0299. The van der Waals surface area contributed by atoms with Crippen molar-refractivity contribution in [1.29, 1.82) is 0 Å². The van der Waals surface area contributed by atoms with E-state index in [9.17, 15) is 14.4 Å². The number of amides is 2. The van der Waals surface area contributed by atoms with Crippen molar-refractivity contribution in [2.45, 2.75) is 71.0 Å². The Bertz CT molecular complexity index is 972. The summed E-state index contributed by atoms with van der Waals surface area (Å²) in [6.45, 7) is 3.25. The van der Waals surface area contributed by atoms with Crippen LogP contribution in [0.1, 0.15) is 50.4 Å². The number of anilines is 1. The first-order valence-corrected chi connectivity index (χ1v) is 10.9. The van der Waals surface area contributed by atoms with Crippen molar-refractivity contribution < 1.29 is 9.59 Å². The molecule has 0 saturated heterocycles. The Labute approximate surface area is 175 Å². The lowest BCUT2D eigenvalue weighted by molar-refractivity contribution is -0.121. The summed E-state index contributed by atoms with van der Waals surface area (Å²) in [5.41, 5.74) is 1.62. The first-order valence-electron chi connectivity index (χ1n) is 10.9. The SMILES string of the molecule is CCCn1nc2n(c1=O)CCC(NC(=O)Cc1ccc(NC(=O)C3CC3)cc1)CC2. The van der Waals surface area contributed by atoms with Crippen LogP contribution in [0.3, 0.4) is 0 Å². The summed E-state index contributed by atoms with van der Waals surface area (Å²) in [7, 11) is 0. The number of fused-ring (bicyclic) bond motifs is 1. The number of rotatable bonds is 7. The minimum Gasteiger partial charge on any atom is -0.353 e. The Hall–Kier alpha value is -2.90. The lowest BCUT2D eigenvalue weighted by atomic mass is 10.1. The molecule has 1 aliphatic heterocycles. The van der Waals surface area contributed by atoms with Gasteiger partial charge in [-0.25, -0.2) is 9.48 Å². The number of nitrogens with one attached hydrogen (secondary N) is 2. The number of hydrogen-bond acceptors (Lipinski definition) is 4. The van der Waals surface area contributed by atoms with E-state index in [1.54, 1.807) is 9.25 Å². The zero-order chi connectivity index (χ0) is 21.1. The molecule has 8 nitrogen and oxygen atoms in total. The van der Waals surface area contributed by atoms with Crippen LogP contribution in [0.4, 0.5) is 5.69 Å². The van der Waals surface area contributed by atoms with E-state index < -0.39 is 0 Å². The number of carbonyl (C=O) groups is 2. The maximum atomic E-state index is 12.5. The maximum Gasteiger partial charge on any atom is 0.345 e. The van der Waals surface area contributed by atoms with E-state index in [0.29, 0.717) is 25.9 Å². The second-order valence-corrected chi connectivity index (χ2v) is 8.30. The average molecular weight is 412 g/mol. The Morgan fingerprint density at radius 2 is 1.90 bits per heavy atom. The number of aryl methyl sites for hydroxylation is 2. The highest BCUT2D eigenvalue weighted by molar-refractivity contribution is 5.94. The summed E-state index contributed by atoms with van der Waals surface area (Å²) in [5, 5.41) is 10.5. The third kappa shape index (κ3) is 4.80. The lowest BCUT2D eigenvalue weighted by Crippen LogP contribution is -2.36. The molecular formula is C22H29N5O3. The van der Waals surface area contributed by atoms with Crippen LogP contribution in [0.2, 0.25) is 0 Å². The van der Waals surface area contributed by atoms with Crippen LogP contribution < -0.4 is 16.3 Å². The van der Waals surface area contributed by atoms with E-state index in [-0.39, 0.29) is 29.5 Å². The highest BCUT2D eigenvalue weighted by Gasteiger charge is 2.29. The largest absolute Gasteiger partial charge is 0.353 e. The molecule has 2 aromatic rings. The van der Waals surface area contributed by atoms with E-state index in [0.717, 1.165) is 49.2 Å². The van der Waals surface area contributed by atoms with Crippen molar-refractivity contribution in [2.24, 2.45) is 5.92 Å². The maximum absolute atomic E-state index is 12.5. The number of nitrogens with zero attached hydrogens (tertiary/aromatic N) is 3. The molecule has 1 unspecified atom stereocenters. The van der Waals surface area contributed by atoms with Gasteiger partial charge in [0.15, 0.2) is 0 Å². The van der Waals surface area contributed by atoms with Gasteiger partial charge in [-0.15, -0.1) is 0 Å². The van der Waals surface area contributed by atoms with Crippen molar-refractivity contribution in [2.75, 3.05) is 5.32 Å². The normalized spacial score (nSPS) is 18.4. The van der Waals surface area contributed by atoms with Crippen LogP contribution in [-0.4, -0.2) is 32.2 Å². The Kier molecular flexibility index (Phi) is 6.01. The topological polar surface area (TPSA) is 98.0 Å². The summed E-state index contributed by atoms with van der Waals surface area (Å²) >= 11 is 0. The van der Waals surface area contributed by atoms with Crippen molar-refractivity contribution in [3.05, 3.63) is 46.1 Å². The second kappa shape index (κ2) is 8.85. The molecule has 2 amide bonds.